The van der Waals surface area contributed by atoms with E-state index in [-0.39, 0.29) is 6.10 Å². The Morgan fingerprint density at radius 2 is 2.50 bits per heavy atom. The molecule has 0 rings (SSSR count). The zero-order valence-electron chi connectivity index (χ0n) is 3.81. The molecule has 0 aromatic heterocycles. The summed E-state index contributed by atoms with van der Waals surface area (Å²) < 4.78 is 0. The highest BCUT2D eigenvalue weighted by atomic mass is 16.3. The Hall–Kier alpha value is -0.120. The van der Waals surface area contributed by atoms with E-state index in [0.29, 0.717) is 6.54 Å². The van der Waals surface area contributed by atoms with Crippen molar-refractivity contribution in [3.05, 3.63) is 0 Å². The van der Waals surface area contributed by atoms with Crippen LogP contribution in [0.2, 0.25) is 0 Å². The number of hydrogen-bond acceptors (Lipinski definition) is 3. The number of hydrogen-bond donors (Lipinski definition) is 3. The third kappa shape index (κ3) is 3.88. The Bertz CT molecular complexity index is 30.0. The minimum Gasteiger partial charge on any atom is -0.392 e. The van der Waals surface area contributed by atoms with Crippen molar-refractivity contribution in [2.45, 2.75) is 13.0 Å². The largest absolute Gasteiger partial charge is 0.392 e. The second-order valence-electron chi connectivity index (χ2n) is 1.26. The SMILES string of the molecule is CC(O)CNN. The first-order chi connectivity index (χ1) is 2.77. The molecule has 0 aliphatic heterocycles. The van der Waals surface area contributed by atoms with Crippen LogP contribution in [-0.2, 0) is 0 Å². The molecule has 4 N–H and O–H groups in total. The highest BCUT2D eigenvalue weighted by molar-refractivity contribution is 4.43. The predicted molar refractivity (Wildman–Crippen MR) is 23.9 cm³/mol. The van der Waals surface area contributed by atoms with Gasteiger partial charge in [-0.1, -0.05) is 0 Å². The maximum absolute atomic E-state index is 8.41. The van der Waals surface area contributed by atoms with Gasteiger partial charge in [0.25, 0.3) is 0 Å². The summed E-state index contributed by atoms with van der Waals surface area (Å²) in [5.41, 5.74) is 2.32. The average molecular weight is 90.1 g/mol. The first-order valence-corrected chi connectivity index (χ1v) is 1.89. The van der Waals surface area contributed by atoms with Crippen molar-refractivity contribution in [1.29, 1.82) is 0 Å². The maximum Gasteiger partial charge on any atom is 0.0650 e. The lowest BCUT2D eigenvalue weighted by Gasteiger charge is -1.97. The van der Waals surface area contributed by atoms with E-state index in [2.05, 4.69) is 5.43 Å². The van der Waals surface area contributed by atoms with Gasteiger partial charge in [0.05, 0.1) is 6.10 Å². The molecule has 1 atom stereocenters. The van der Waals surface area contributed by atoms with Gasteiger partial charge in [-0.05, 0) is 6.92 Å². The lowest BCUT2D eigenvalue weighted by atomic mass is 10.4. The molecule has 0 aromatic rings. The van der Waals surface area contributed by atoms with Crippen molar-refractivity contribution in [3.63, 3.8) is 0 Å². The molecule has 0 aliphatic rings. The fraction of sp³-hybridized carbons (Fsp3) is 1.00. The molecule has 0 spiro atoms. The van der Waals surface area contributed by atoms with Gasteiger partial charge in [0, 0.05) is 6.54 Å². The number of nitrogens with one attached hydrogen (secondary N) is 1. The van der Waals surface area contributed by atoms with E-state index in [4.69, 9.17) is 10.9 Å². The zero-order chi connectivity index (χ0) is 4.99. The van der Waals surface area contributed by atoms with Crippen LogP contribution in [0, 0.1) is 0 Å². The Balaban J connectivity index is 2.63. The molecule has 0 saturated carbocycles. The van der Waals surface area contributed by atoms with Gasteiger partial charge in [-0.15, -0.1) is 0 Å². The Kier molecular flexibility index (Phi) is 3.02. The summed E-state index contributed by atoms with van der Waals surface area (Å²) in [7, 11) is 0. The molecule has 0 saturated heterocycles. The molecule has 0 heterocycles. The van der Waals surface area contributed by atoms with E-state index in [1.807, 2.05) is 0 Å². The molecule has 3 heteroatoms. The van der Waals surface area contributed by atoms with Crippen LogP contribution in [0.1, 0.15) is 6.92 Å². The number of rotatable bonds is 2. The van der Waals surface area contributed by atoms with Crippen molar-refractivity contribution >= 4 is 0 Å². The summed E-state index contributed by atoms with van der Waals surface area (Å²) in [6.07, 6.45) is -0.338. The van der Waals surface area contributed by atoms with Crippen LogP contribution in [0.25, 0.3) is 0 Å². The summed E-state index contributed by atoms with van der Waals surface area (Å²) in [6, 6.07) is 0. The predicted octanol–water partition coefficient (Wildman–Crippen LogP) is -1.17. The van der Waals surface area contributed by atoms with Crippen LogP contribution in [0.4, 0.5) is 0 Å². The third-order valence-corrected chi connectivity index (χ3v) is 0.413. The molecule has 0 fully saturated rings. The van der Waals surface area contributed by atoms with Gasteiger partial charge < -0.3 is 5.11 Å². The summed E-state index contributed by atoms with van der Waals surface area (Å²) in [6.45, 7) is 2.12. The fourth-order valence-corrected chi connectivity index (χ4v) is 0.171. The van der Waals surface area contributed by atoms with E-state index in [9.17, 15) is 0 Å². The molecule has 0 aliphatic carbocycles. The van der Waals surface area contributed by atoms with Gasteiger partial charge >= 0.3 is 0 Å². The molecule has 38 valence electrons. The van der Waals surface area contributed by atoms with Crippen LogP contribution in [0.15, 0.2) is 0 Å². The monoisotopic (exact) mass is 90.1 g/mol. The summed E-state index contributed by atoms with van der Waals surface area (Å²) in [5.74, 6) is 4.82. The lowest BCUT2D eigenvalue weighted by molar-refractivity contribution is 0.192. The van der Waals surface area contributed by atoms with Crippen LogP contribution < -0.4 is 11.3 Å². The first-order valence-electron chi connectivity index (χ1n) is 1.89. The van der Waals surface area contributed by atoms with E-state index in [0.717, 1.165) is 0 Å². The van der Waals surface area contributed by atoms with E-state index >= 15 is 0 Å². The minimum atomic E-state index is -0.338. The Labute approximate surface area is 37.1 Å². The average Bonchev–Trinajstić information content (AvgIpc) is 1.35. The normalized spacial score (nSPS) is 14.5. The molecule has 0 bridgehead atoms. The Morgan fingerprint density at radius 1 is 2.00 bits per heavy atom. The van der Waals surface area contributed by atoms with Gasteiger partial charge in [-0.25, -0.2) is 0 Å². The maximum atomic E-state index is 8.41. The lowest BCUT2D eigenvalue weighted by Crippen LogP contribution is -2.29. The molecule has 0 radical (unpaired) electrons. The van der Waals surface area contributed by atoms with Crippen molar-refractivity contribution in [1.82, 2.24) is 5.43 Å². The van der Waals surface area contributed by atoms with Crippen LogP contribution in [0.5, 0.6) is 0 Å². The van der Waals surface area contributed by atoms with Crippen LogP contribution in [-0.4, -0.2) is 17.8 Å². The second kappa shape index (κ2) is 3.08. The second-order valence-corrected chi connectivity index (χ2v) is 1.26. The third-order valence-electron chi connectivity index (χ3n) is 0.413. The van der Waals surface area contributed by atoms with E-state index < -0.39 is 0 Å². The van der Waals surface area contributed by atoms with Crippen molar-refractivity contribution in [2.24, 2.45) is 5.84 Å². The number of aliphatic hydroxyl groups is 1. The minimum absolute atomic E-state index is 0.338. The van der Waals surface area contributed by atoms with Crippen LogP contribution >= 0.6 is 0 Å². The summed E-state index contributed by atoms with van der Waals surface area (Å²) in [5, 5.41) is 8.41. The van der Waals surface area contributed by atoms with Gasteiger partial charge in [0.1, 0.15) is 0 Å². The van der Waals surface area contributed by atoms with Crippen LogP contribution in [0.3, 0.4) is 0 Å². The van der Waals surface area contributed by atoms with Crippen molar-refractivity contribution < 1.29 is 5.11 Å². The number of hydrazine groups is 1. The number of aliphatic hydroxyl groups excluding tert-OH is 1. The molecule has 0 aromatic carbocycles. The molecule has 6 heavy (non-hydrogen) atoms. The molecular formula is C3H10N2O. The van der Waals surface area contributed by atoms with Crippen molar-refractivity contribution in [3.8, 4) is 0 Å². The molecular weight excluding hydrogens is 80.0 g/mol. The number of nitrogens with two attached hydrogens (primary N) is 1. The van der Waals surface area contributed by atoms with Gasteiger partial charge in [0.15, 0.2) is 0 Å². The van der Waals surface area contributed by atoms with Gasteiger partial charge in [-0.2, -0.15) is 0 Å². The topological polar surface area (TPSA) is 58.3 Å². The molecule has 0 amide bonds. The molecule has 1 unspecified atom stereocenters. The van der Waals surface area contributed by atoms with E-state index in [1.165, 1.54) is 0 Å². The van der Waals surface area contributed by atoms with Gasteiger partial charge in [-0.3, -0.25) is 11.3 Å². The summed E-state index contributed by atoms with van der Waals surface area (Å²) >= 11 is 0. The summed E-state index contributed by atoms with van der Waals surface area (Å²) in [4.78, 5) is 0. The first kappa shape index (κ1) is 5.88. The van der Waals surface area contributed by atoms with Gasteiger partial charge in [0.2, 0.25) is 0 Å². The quantitative estimate of drug-likeness (QED) is 0.296. The highest BCUT2D eigenvalue weighted by Gasteiger charge is 1.86. The van der Waals surface area contributed by atoms with E-state index in [1.54, 1.807) is 6.92 Å². The zero-order valence-corrected chi connectivity index (χ0v) is 3.81. The fourth-order valence-electron chi connectivity index (χ4n) is 0.171. The highest BCUT2D eigenvalue weighted by Crippen LogP contribution is 1.68. The standard InChI is InChI=1S/C3H10N2O/c1-3(6)2-5-4/h3,5-6H,2,4H2,1H3. The smallest absolute Gasteiger partial charge is 0.0650 e. The molecule has 3 nitrogen and oxygen atoms in total. The van der Waals surface area contributed by atoms with Crippen molar-refractivity contribution in [2.75, 3.05) is 6.54 Å². The Morgan fingerprint density at radius 3 is 2.50 bits per heavy atom.